The molecule has 0 spiro atoms. The minimum atomic E-state index is -6.42. The van der Waals surface area contributed by atoms with Crippen molar-refractivity contribution in [2.75, 3.05) is 39.5 Å². The van der Waals surface area contributed by atoms with E-state index in [9.17, 15) is 49.5 Å². The van der Waals surface area contributed by atoms with E-state index in [1.165, 1.54) is 20.8 Å². The Hall–Kier alpha value is -1.91. The molecule has 0 aromatic carbocycles. The van der Waals surface area contributed by atoms with Crippen molar-refractivity contribution in [1.82, 2.24) is 4.90 Å². The van der Waals surface area contributed by atoms with Crippen molar-refractivity contribution in [2.45, 2.75) is 70.9 Å². The molecule has 0 N–H and O–H groups in total. The summed E-state index contributed by atoms with van der Waals surface area (Å²) in [7, 11) is 0. The molecule has 16 heteroatoms. The number of hydrogen-bond donors (Lipinski definition) is 0. The Balaban J connectivity index is 4.72. The molecule has 0 aromatic heterocycles. The van der Waals surface area contributed by atoms with E-state index in [0.29, 0.717) is 12.8 Å². The molecule has 0 heterocycles. The number of Topliss-reactive ketones (excluding diaryl/α,β-unsaturated/α-hetero) is 2. The molecule has 0 fully saturated rings. The first-order chi connectivity index (χ1) is 16.4. The number of alkyl halides is 8. The van der Waals surface area contributed by atoms with Crippen molar-refractivity contribution >= 4 is 17.5 Å². The van der Waals surface area contributed by atoms with E-state index in [2.05, 4.69) is 9.47 Å². The lowest BCUT2D eigenvalue weighted by molar-refractivity contribution is -0.500. The normalized spacial score (nSPS) is 13.1. The summed E-state index contributed by atoms with van der Waals surface area (Å²) in [5, 5.41) is 0. The predicted molar refractivity (Wildman–Crippen MR) is 106 cm³/mol. The lowest BCUT2D eigenvalue weighted by Gasteiger charge is -2.31. The van der Waals surface area contributed by atoms with E-state index < -0.39 is 62.1 Å². The Morgan fingerprint density at radius 2 is 1.08 bits per heavy atom. The van der Waals surface area contributed by atoms with Gasteiger partial charge in [-0.05, 0) is 33.6 Å². The Kier molecular flexibility index (Phi) is 14.0. The van der Waals surface area contributed by atoms with Gasteiger partial charge < -0.3 is 19.2 Å². The van der Waals surface area contributed by atoms with Gasteiger partial charge in [-0.25, -0.2) is 9.47 Å². The number of likely N-dealkylation sites (N-methyl/N-ethyl adjacent to an activating group) is 1. The quantitative estimate of drug-likeness (QED) is 0.168. The second-order valence-corrected chi connectivity index (χ2v) is 7.31. The highest BCUT2D eigenvalue weighted by Gasteiger charge is 2.69. The first-order valence-corrected chi connectivity index (χ1v) is 10.8. The van der Waals surface area contributed by atoms with Gasteiger partial charge >= 0.3 is 30.3 Å². The van der Waals surface area contributed by atoms with Crippen LogP contribution in [0.2, 0.25) is 0 Å². The van der Waals surface area contributed by atoms with Crippen molar-refractivity contribution in [3.63, 3.8) is 0 Å². The fraction of sp³-hybridized carbons (Fsp3) is 0.850. The van der Waals surface area contributed by atoms with E-state index in [1.807, 2.05) is 0 Å². The zero-order valence-electron chi connectivity index (χ0n) is 19.9. The summed E-state index contributed by atoms with van der Waals surface area (Å²) in [4.78, 5) is 34.0. The lowest BCUT2D eigenvalue weighted by Crippen LogP contribution is -2.56. The molecule has 0 saturated heterocycles. The molecule has 8 nitrogen and oxygen atoms in total. The topological polar surface area (TPSA) is 91.4 Å². The smallest absolute Gasteiger partial charge is 0.379 e. The monoisotopic (exact) mass is 547 g/mol. The predicted octanol–water partition coefficient (Wildman–Crippen LogP) is 4.01. The molecular weight excluding hydrogens is 518 g/mol. The number of hydrogen-bond acceptors (Lipinski definition) is 7. The van der Waals surface area contributed by atoms with Crippen LogP contribution in [0.4, 0.5) is 35.1 Å². The summed E-state index contributed by atoms with van der Waals surface area (Å²) >= 11 is 0. The van der Waals surface area contributed by atoms with Crippen molar-refractivity contribution in [3.8, 4) is 0 Å². The fourth-order valence-corrected chi connectivity index (χ4v) is 2.46. The molecule has 0 rings (SSSR count). The van der Waals surface area contributed by atoms with Gasteiger partial charge in [0.2, 0.25) is 5.78 Å². The Morgan fingerprint density at radius 1 is 0.667 bits per heavy atom. The van der Waals surface area contributed by atoms with E-state index in [0.717, 1.165) is 0 Å². The van der Waals surface area contributed by atoms with Crippen LogP contribution in [0.5, 0.6) is 0 Å². The molecule has 0 saturated carbocycles. The van der Waals surface area contributed by atoms with Crippen LogP contribution in [0.3, 0.4) is 0 Å². The number of carbonyl (C=O) groups is 3. The first kappa shape index (κ1) is 34.1. The molecule has 0 aromatic rings. The van der Waals surface area contributed by atoms with E-state index >= 15 is 0 Å². The molecular formula is C20H29F8NO7. The van der Waals surface area contributed by atoms with E-state index in [-0.39, 0.29) is 37.1 Å². The maximum absolute atomic E-state index is 13.7. The number of ether oxygens (including phenoxy) is 4. The SMILES string of the molecule is CCN(CC)C(=O)C(F)(F)OC(F)(F)C(F)(F)OC(F)(F)C(=O)CCCOCCOCCCC(C)=O. The van der Waals surface area contributed by atoms with Crippen molar-refractivity contribution in [2.24, 2.45) is 0 Å². The second-order valence-electron chi connectivity index (χ2n) is 7.31. The largest absolute Gasteiger partial charge is 0.453 e. The van der Waals surface area contributed by atoms with Crippen LogP contribution >= 0.6 is 0 Å². The molecule has 0 bridgehead atoms. The van der Waals surface area contributed by atoms with E-state index in [4.69, 9.17) is 9.47 Å². The van der Waals surface area contributed by atoms with Crippen LogP contribution in [-0.4, -0.2) is 86.3 Å². The molecule has 0 aliphatic carbocycles. The van der Waals surface area contributed by atoms with Gasteiger partial charge in [0.15, 0.2) is 0 Å². The van der Waals surface area contributed by atoms with Crippen LogP contribution in [0, 0.1) is 0 Å². The van der Waals surface area contributed by atoms with Gasteiger partial charge in [-0.2, -0.15) is 35.1 Å². The maximum atomic E-state index is 13.7. The van der Waals surface area contributed by atoms with Crippen LogP contribution in [-0.2, 0) is 33.3 Å². The molecule has 1 amide bonds. The van der Waals surface area contributed by atoms with Crippen molar-refractivity contribution in [3.05, 3.63) is 0 Å². The number of ketones is 2. The highest BCUT2D eigenvalue weighted by atomic mass is 19.3. The molecule has 0 aliphatic rings. The van der Waals surface area contributed by atoms with Crippen LogP contribution in [0.15, 0.2) is 0 Å². The zero-order valence-corrected chi connectivity index (χ0v) is 19.9. The lowest BCUT2D eigenvalue weighted by atomic mass is 10.2. The molecule has 212 valence electrons. The van der Waals surface area contributed by atoms with Crippen molar-refractivity contribution in [1.29, 1.82) is 0 Å². The van der Waals surface area contributed by atoms with Gasteiger partial charge in [0.25, 0.3) is 0 Å². The zero-order chi connectivity index (χ0) is 28.2. The maximum Gasteiger partial charge on any atom is 0.453 e. The summed E-state index contributed by atoms with van der Waals surface area (Å²) in [6.07, 6.45) is -24.6. The fourth-order valence-electron chi connectivity index (χ4n) is 2.46. The van der Waals surface area contributed by atoms with Gasteiger partial charge in [-0.1, -0.05) is 0 Å². The average Bonchev–Trinajstić information content (AvgIpc) is 2.73. The molecule has 0 atom stereocenters. The summed E-state index contributed by atoms with van der Waals surface area (Å²) in [6, 6.07) is 0. The number of carbonyl (C=O) groups excluding carboxylic acids is 3. The first-order valence-electron chi connectivity index (χ1n) is 10.8. The van der Waals surface area contributed by atoms with Gasteiger partial charge in [0.05, 0.1) is 13.2 Å². The molecule has 0 unspecified atom stereocenters. The molecule has 0 aliphatic heterocycles. The van der Waals surface area contributed by atoms with Gasteiger partial charge in [0.1, 0.15) is 5.78 Å². The Labute approximate surface area is 202 Å². The summed E-state index contributed by atoms with van der Waals surface area (Å²) in [6.45, 7) is 2.94. The second kappa shape index (κ2) is 14.7. The highest BCUT2D eigenvalue weighted by molar-refractivity contribution is 5.84. The third kappa shape index (κ3) is 11.4. The van der Waals surface area contributed by atoms with E-state index in [1.54, 1.807) is 0 Å². The average molecular weight is 547 g/mol. The number of nitrogens with zero attached hydrogens (tertiary/aromatic N) is 1. The number of amides is 1. The molecule has 36 heavy (non-hydrogen) atoms. The third-order valence-electron chi connectivity index (χ3n) is 4.36. The number of rotatable bonds is 20. The third-order valence-corrected chi connectivity index (χ3v) is 4.36. The Bertz CT molecular complexity index is 718. The summed E-state index contributed by atoms with van der Waals surface area (Å²) < 4.78 is 125. The number of halogens is 8. The summed E-state index contributed by atoms with van der Waals surface area (Å²) in [5.74, 6) is -4.78. The minimum absolute atomic E-state index is 0.0161. The Morgan fingerprint density at radius 3 is 1.50 bits per heavy atom. The minimum Gasteiger partial charge on any atom is -0.379 e. The highest BCUT2D eigenvalue weighted by Crippen LogP contribution is 2.44. The van der Waals surface area contributed by atoms with Crippen LogP contribution < -0.4 is 0 Å². The van der Waals surface area contributed by atoms with Gasteiger partial charge in [-0.3, -0.25) is 9.59 Å². The standard InChI is InChI=1S/C20H29F8NO7/c1-4-29(5-2)16(32)18(23,24)36-20(27,28)19(25,26)35-17(21,22)15(31)9-7-11-34-13-12-33-10-6-8-14(3)30/h4-13H2,1-3H3. The van der Waals surface area contributed by atoms with Crippen LogP contribution in [0.25, 0.3) is 0 Å². The van der Waals surface area contributed by atoms with Crippen LogP contribution in [0.1, 0.15) is 46.5 Å². The van der Waals surface area contributed by atoms with Gasteiger partial charge in [-0.15, -0.1) is 0 Å². The molecule has 0 radical (unpaired) electrons. The van der Waals surface area contributed by atoms with Gasteiger partial charge in [0, 0.05) is 39.1 Å². The van der Waals surface area contributed by atoms with Crippen molar-refractivity contribution < 1.29 is 68.5 Å². The summed E-state index contributed by atoms with van der Waals surface area (Å²) in [5.41, 5.74) is 0.